The summed E-state index contributed by atoms with van der Waals surface area (Å²) in [6.07, 6.45) is 1.17. The van der Waals surface area contributed by atoms with Crippen LogP contribution in [0.25, 0.3) is 0 Å². The molecule has 1 N–H and O–H groups in total. The molecule has 5 nitrogen and oxygen atoms in total. The molecule has 0 radical (unpaired) electrons. The monoisotopic (exact) mass is 526 g/mol. The number of carbonyl (C=O) groups is 2. The summed E-state index contributed by atoms with van der Waals surface area (Å²) in [6.45, 7) is 6.17. The fraction of sp³-hybridized carbons (Fsp3) is 0.310. The Morgan fingerprint density at radius 3 is 1.61 bits per heavy atom. The number of likely N-dealkylation sites (N-methyl/N-ethyl adjacent to an activating group) is 1. The number of hydrogen-bond donors (Lipinski definition) is 1. The van der Waals surface area contributed by atoms with Gasteiger partial charge in [-0.25, -0.2) is 4.79 Å². The Hall–Kier alpha value is -2.72. The van der Waals surface area contributed by atoms with Gasteiger partial charge in [0, 0.05) is 6.54 Å². The maximum absolute atomic E-state index is 12.3. The Morgan fingerprint density at radius 1 is 0.806 bits per heavy atom. The van der Waals surface area contributed by atoms with Crippen molar-refractivity contribution in [1.82, 2.24) is 10.2 Å². The summed E-state index contributed by atoms with van der Waals surface area (Å²) in [6, 6.07) is 32.3. The van der Waals surface area contributed by atoms with E-state index in [0.717, 1.165) is 19.1 Å². The predicted octanol–water partition coefficient (Wildman–Crippen LogP) is 1.36. The first-order valence-corrected chi connectivity index (χ1v) is 13.9. The summed E-state index contributed by atoms with van der Waals surface area (Å²) < 4.78 is 5.18. The standard InChI is InChI=1S/C29H35N2O3P.ClH/c1-29(2,3)34-28(33)30-27(32)23-31(4)21-14-22-35(24-15-8-5-9-16-24,25-17-10-6-11-18-25)26-19-12-7-13-20-26;/h5-13,15-20H,14,21-23H2,1-4H3;1H. The minimum absolute atomic E-state index is 0. The molecule has 0 spiro atoms. The van der Waals surface area contributed by atoms with Crippen molar-refractivity contribution in [1.29, 1.82) is 0 Å². The van der Waals surface area contributed by atoms with Crippen LogP contribution in [0, 0.1) is 0 Å². The van der Waals surface area contributed by atoms with Gasteiger partial charge >= 0.3 is 6.09 Å². The molecule has 0 fully saturated rings. The predicted molar refractivity (Wildman–Crippen MR) is 147 cm³/mol. The van der Waals surface area contributed by atoms with Crippen molar-refractivity contribution in [3.05, 3.63) is 91.0 Å². The molecule has 0 aliphatic heterocycles. The molecule has 0 aliphatic carbocycles. The van der Waals surface area contributed by atoms with Crippen molar-refractivity contribution < 1.29 is 26.7 Å². The minimum atomic E-state index is -1.89. The summed E-state index contributed by atoms with van der Waals surface area (Å²) in [5.74, 6) is -0.364. The van der Waals surface area contributed by atoms with Crippen LogP contribution >= 0.6 is 7.26 Å². The average molecular weight is 527 g/mol. The van der Waals surface area contributed by atoms with E-state index < -0.39 is 19.0 Å². The molecule has 7 heteroatoms. The molecular formula is C29H36ClN2O3P. The number of rotatable bonds is 9. The van der Waals surface area contributed by atoms with E-state index in [4.69, 9.17) is 4.74 Å². The van der Waals surface area contributed by atoms with Crippen LogP contribution in [0.1, 0.15) is 27.2 Å². The Bertz CT molecular complexity index is 993. The van der Waals surface area contributed by atoms with E-state index in [9.17, 15) is 9.59 Å². The second-order valence-electron chi connectivity index (χ2n) is 9.68. The topological polar surface area (TPSA) is 58.6 Å². The maximum Gasteiger partial charge on any atom is 0.414 e. The summed E-state index contributed by atoms with van der Waals surface area (Å²) in [4.78, 5) is 26.2. The van der Waals surface area contributed by atoms with E-state index in [-0.39, 0.29) is 24.9 Å². The number of carbonyl (C=O) groups excluding carboxylic acids is 2. The molecule has 3 aromatic rings. The van der Waals surface area contributed by atoms with E-state index in [1.165, 1.54) is 15.9 Å². The lowest BCUT2D eigenvalue weighted by Crippen LogP contribution is -3.00. The molecule has 36 heavy (non-hydrogen) atoms. The summed E-state index contributed by atoms with van der Waals surface area (Å²) >= 11 is 0. The fourth-order valence-corrected chi connectivity index (χ4v) is 8.57. The second kappa shape index (κ2) is 13.5. The third kappa shape index (κ3) is 8.16. The molecule has 192 valence electrons. The first-order valence-electron chi connectivity index (χ1n) is 12.0. The molecule has 3 rings (SSSR count). The number of hydrogen-bond acceptors (Lipinski definition) is 4. The Balaban J connectivity index is 0.00000456. The van der Waals surface area contributed by atoms with E-state index in [1.54, 1.807) is 20.8 Å². The van der Waals surface area contributed by atoms with Crippen molar-refractivity contribution >= 4 is 35.2 Å². The zero-order chi connectivity index (χ0) is 25.3. The molecule has 0 saturated carbocycles. The third-order valence-electron chi connectivity index (χ3n) is 5.68. The van der Waals surface area contributed by atoms with Crippen LogP contribution in [-0.4, -0.2) is 48.8 Å². The maximum atomic E-state index is 12.3. The number of halogens is 1. The van der Waals surface area contributed by atoms with Crippen molar-refractivity contribution in [3.8, 4) is 0 Å². The second-order valence-corrected chi connectivity index (χ2v) is 13.3. The van der Waals surface area contributed by atoms with Crippen LogP contribution in [0.4, 0.5) is 4.79 Å². The van der Waals surface area contributed by atoms with Gasteiger partial charge in [-0.1, -0.05) is 54.6 Å². The van der Waals surface area contributed by atoms with Gasteiger partial charge in [0.15, 0.2) is 0 Å². The van der Waals surface area contributed by atoms with Gasteiger partial charge in [0.1, 0.15) is 28.8 Å². The molecule has 0 aliphatic rings. The van der Waals surface area contributed by atoms with Gasteiger partial charge < -0.3 is 17.1 Å². The van der Waals surface area contributed by atoms with Gasteiger partial charge in [-0.3, -0.25) is 15.0 Å². The van der Waals surface area contributed by atoms with Crippen LogP contribution in [0.5, 0.6) is 0 Å². The highest BCUT2D eigenvalue weighted by Gasteiger charge is 2.44. The molecular weight excluding hydrogens is 491 g/mol. The number of nitrogens with one attached hydrogen (secondary N) is 1. The van der Waals surface area contributed by atoms with Crippen LogP contribution in [0.3, 0.4) is 0 Å². The van der Waals surface area contributed by atoms with Gasteiger partial charge in [-0.2, -0.15) is 0 Å². The minimum Gasteiger partial charge on any atom is -1.00 e. The average Bonchev–Trinajstić information content (AvgIpc) is 2.82. The van der Waals surface area contributed by atoms with E-state index in [1.807, 2.05) is 11.9 Å². The van der Waals surface area contributed by atoms with Crippen molar-refractivity contribution in [2.75, 3.05) is 26.3 Å². The lowest BCUT2D eigenvalue weighted by atomic mass is 10.2. The number of alkyl carbamates (subject to hydrolysis) is 1. The van der Waals surface area contributed by atoms with Crippen molar-refractivity contribution in [2.24, 2.45) is 0 Å². The van der Waals surface area contributed by atoms with Gasteiger partial charge in [-0.15, -0.1) is 0 Å². The normalized spacial score (nSPS) is 11.5. The number of benzene rings is 3. The highest BCUT2D eigenvalue weighted by molar-refractivity contribution is 7.95. The number of ether oxygens (including phenoxy) is 1. The van der Waals surface area contributed by atoms with E-state index in [0.29, 0.717) is 0 Å². The molecule has 0 unspecified atom stereocenters. The van der Waals surface area contributed by atoms with Gasteiger partial charge in [0.2, 0.25) is 5.91 Å². The zero-order valence-electron chi connectivity index (χ0n) is 21.5. The quantitative estimate of drug-likeness (QED) is 0.428. The molecule has 0 aromatic heterocycles. The van der Waals surface area contributed by atoms with Crippen LogP contribution in [0.2, 0.25) is 0 Å². The van der Waals surface area contributed by atoms with Gasteiger partial charge in [0.05, 0.1) is 12.7 Å². The molecule has 2 amide bonds. The molecule has 0 heterocycles. The lowest BCUT2D eigenvalue weighted by molar-refractivity contribution is -0.121. The number of amides is 2. The van der Waals surface area contributed by atoms with Crippen molar-refractivity contribution in [3.63, 3.8) is 0 Å². The van der Waals surface area contributed by atoms with Crippen LogP contribution in [0.15, 0.2) is 91.0 Å². The molecule has 0 bridgehead atoms. The Kier molecular flexibility index (Phi) is 11.1. The first-order chi connectivity index (χ1) is 16.7. The summed E-state index contributed by atoms with van der Waals surface area (Å²) in [5.41, 5.74) is -0.643. The summed E-state index contributed by atoms with van der Waals surface area (Å²) in [5, 5.41) is 6.37. The number of nitrogens with zero attached hydrogens (tertiary/aromatic N) is 1. The third-order valence-corrected chi connectivity index (χ3v) is 10.2. The molecule has 3 aromatic carbocycles. The number of imide groups is 1. The Labute approximate surface area is 222 Å². The smallest absolute Gasteiger partial charge is 0.414 e. The first kappa shape index (κ1) is 29.5. The molecule has 0 saturated heterocycles. The highest BCUT2D eigenvalue weighted by Crippen LogP contribution is 2.55. The zero-order valence-corrected chi connectivity index (χ0v) is 23.1. The molecule has 0 atom stereocenters. The van der Waals surface area contributed by atoms with E-state index in [2.05, 4.69) is 96.3 Å². The largest absolute Gasteiger partial charge is 1.00 e. The SMILES string of the molecule is CN(CCC[P+](c1ccccc1)(c1ccccc1)c1ccccc1)CC(=O)NC(=O)OC(C)(C)C.[Cl-]. The highest BCUT2D eigenvalue weighted by atomic mass is 35.5. The fourth-order valence-electron chi connectivity index (χ4n) is 4.24. The lowest BCUT2D eigenvalue weighted by Gasteiger charge is -2.28. The Morgan fingerprint density at radius 2 is 1.22 bits per heavy atom. The van der Waals surface area contributed by atoms with Crippen molar-refractivity contribution in [2.45, 2.75) is 32.8 Å². The summed E-state index contributed by atoms with van der Waals surface area (Å²) in [7, 11) is 0.0139. The van der Waals surface area contributed by atoms with Crippen LogP contribution < -0.4 is 33.6 Å². The van der Waals surface area contributed by atoms with Gasteiger partial charge in [0.25, 0.3) is 0 Å². The van der Waals surface area contributed by atoms with Crippen LogP contribution in [-0.2, 0) is 9.53 Å². The van der Waals surface area contributed by atoms with Gasteiger partial charge in [-0.05, 0) is 70.6 Å². The van der Waals surface area contributed by atoms with E-state index >= 15 is 0 Å².